The highest BCUT2D eigenvalue weighted by Gasteiger charge is 2.16. The number of halogens is 1. The molecule has 2 rings (SSSR count). The molecule has 0 spiro atoms. The number of likely N-dealkylation sites (N-methyl/N-ethyl adjacent to an activating group) is 1. The number of nitrogens with one attached hydrogen (secondary N) is 1. The van der Waals surface area contributed by atoms with Gasteiger partial charge in [-0.2, -0.15) is 0 Å². The summed E-state index contributed by atoms with van der Waals surface area (Å²) in [6.07, 6.45) is 0.952. The number of hydrogen-bond acceptors (Lipinski definition) is 2. The summed E-state index contributed by atoms with van der Waals surface area (Å²) in [5.74, 6) is 0.919. The Morgan fingerprint density at radius 1 is 1.19 bits per heavy atom. The molecule has 0 heterocycles. The quantitative estimate of drug-likeness (QED) is 0.820. The number of methoxy groups -OCH3 is 1. The molecule has 0 bridgehead atoms. The Morgan fingerprint density at radius 2 is 2.00 bits per heavy atom. The lowest BCUT2D eigenvalue weighted by molar-refractivity contribution is 0.399. The summed E-state index contributed by atoms with van der Waals surface area (Å²) >= 11 is 3.50. The summed E-state index contributed by atoms with van der Waals surface area (Å²) in [6.45, 7) is 5.19. The van der Waals surface area contributed by atoms with E-state index in [4.69, 9.17) is 4.74 Å². The van der Waals surface area contributed by atoms with Crippen molar-refractivity contribution in [3.8, 4) is 5.75 Å². The molecular weight excluding hydrogens is 326 g/mol. The topological polar surface area (TPSA) is 21.3 Å². The Kier molecular flexibility index (Phi) is 5.83. The molecule has 1 N–H and O–H groups in total. The van der Waals surface area contributed by atoms with E-state index in [1.165, 1.54) is 16.7 Å². The lowest BCUT2D eigenvalue weighted by Crippen LogP contribution is -2.23. The van der Waals surface area contributed by atoms with E-state index in [0.717, 1.165) is 23.2 Å². The molecule has 21 heavy (non-hydrogen) atoms. The van der Waals surface area contributed by atoms with E-state index in [0.29, 0.717) is 0 Å². The minimum Gasteiger partial charge on any atom is -0.496 e. The number of ether oxygens (including phenoxy) is 1. The minimum absolute atomic E-state index is 0.250. The van der Waals surface area contributed by atoms with Crippen LogP contribution in [0.25, 0.3) is 0 Å². The zero-order chi connectivity index (χ0) is 15.2. The molecule has 0 aliphatic carbocycles. The molecule has 2 nitrogen and oxygen atoms in total. The molecular formula is C18H22BrNO. The molecule has 0 fully saturated rings. The van der Waals surface area contributed by atoms with Crippen molar-refractivity contribution < 1.29 is 4.74 Å². The molecule has 0 amide bonds. The van der Waals surface area contributed by atoms with Gasteiger partial charge in [-0.25, -0.2) is 0 Å². The van der Waals surface area contributed by atoms with Crippen molar-refractivity contribution in [1.29, 1.82) is 0 Å². The highest BCUT2D eigenvalue weighted by molar-refractivity contribution is 9.10. The van der Waals surface area contributed by atoms with E-state index in [1.54, 1.807) is 7.11 Å². The third-order valence-electron chi connectivity index (χ3n) is 3.54. The van der Waals surface area contributed by atoms with Gasteiger partial charge < -0.3 is 10.1 Å². The van der Waals surface area contributed by atoms with Crippen LogP contribution in [0, 0.1) is 6.92 Å². The molecule has 0 aromatic heterocycles. The van der Waals surface area contributed by atoms with Gasteiger partial charge in [-0.15, -0.1) is 0 Å². The van der Waals surface area contributed by atoms with Gasteiger partial charge in [0.15, 0.2) is 0 Å². The lowest BCUT2D eigenvalue weighted by atomic mass is 9.97. The van der Waals surface area contributed by atoms with Crippen molar-refractivity contribution in [2.75, 3.05) is 13.7 Å². The average Bonchev–Trinajstić information content (AvgIpc) is 2.47. The van der Waals surface area contributed by atoms with Crippen molar-refractivity contribution in [1.82, 2.24) is 5.32 Å². The molecule has 0 radical (unpaired) electrons. The second-order valence-electron chi connectivity index (χ2n) is 5.19. The van der Waals surface area contributed by atoms with E-state index < -0.39 is 0 Å². The largest absolute Gasteiger partial charge is 0.496 e. The molecule has 2 aromatic carbocycles. The van der Waals surface area contributed by atoms with E-state index in [9.17, 15) is 0 Å². The van der Waals surface area contributed by atoms with Crippen molar-refractivity contribution in [3.63, 3.8) is 0 Å². The van der Waals surface area contributed by atoms with E-state index in [2.05, 4.69) is 71.5 Å². The predicted molar refractivity (Wildman–Crippen MR) is 92.0 cm³/mol. The molecule has 1 atom stereocenters. The van der Waals surface area contributed by atoms with Gasteiger partial charge in [0, 0.05) is 16.1 Å². The lowest BCUT2D eigenvalue weighted by Gasteiger charge is -2.21. The molecule has 0 aliphatic heterocycles. The first kappa shape index (κ1) is 16.1. The molecule has 1 unspecified atom stereocenters. The first-order valence-corrected chi connectivity index (χ1v) is 8.05. The maximum absolute atomic E-state index is 5.54. The Labute approximate surface area is 135 Å². The number of rotatable bonds is 6. The summed E-state index contributed by atoms with van der Waals surface area (Å²) < 4.78 is 6.58. The van der Waals surface area contributed by atoms with Gasteiger partial charge >= 0.3 is 0 Å². The molecule has 0 aliphatic rings. The Balaban J connectivity index is 2.30. The maximum atomic E-state index is 5.54. The second kappa shape index (κ2) is 7.62. The van der Waals surface area contributed by atoms with Crippen LogP contribution >= 0.6 is 15.9 Å². The molecule has 3 heteroatoms. The molecule has 0 saturated heterocycles. The number of hydrogen-bond donors (Lipinski definition) is 1. The Hall–Kier alpha value is -1.32. The number of benzene rings is 2. The number of aryl methyl sites for hydroxylation is 1. The summed E-state index contributed by atoms with van der Waals surface area (Å²) in [7, 11) is 1.72. The SMILES string of the molecule is CCNC(Cc1cccc(C)c1)c1ccc(Br)cc1OC. The van der Waals surface area contributed by atoms with Crippen molar-refractivity contribution in [3.05, 3.63) is 63.6 Å². The monoisotopic (exact) mass is 347 g/mol. The van der Waals surface area contributed by atoms with Crippen LogP contribution in [0.4, 0.5) is 0 Å². The smallest absolute Gasteiger partial charge is 0.124 e. The fraction of sp³-hybridized carbons (Fsp3) is 0.333. The first-order valence-electron chi connectivity index (χ1n) is 7.26. The summed E-state index contributed by atoms with van der Waals surface area (Å²) in [5, 5.41) is 3.57. The minimum atomic E-state index is 0.250. The summed E-state index contributed by atoms with van der Waals surface area (Å²) in [4.78, 5) is 0. The third kappa shape index (κ3) is 4.32. The van der Waals surface area contributed by atoms with Crippen LogP contribution in [0.3, 0.4) is 0 Å². The van der Waals surface area contributed by atoms with E-state index in [-0.39, 0.29) is 6.04 Å². The van der Waals surface area contributed by atoms with Crippen LogP contribution in [0.5, 0.6) is 5.75 Å². The van der Waals surface area contributed by atoms with Crippen LogP contribution in [0.15, 0.2) is 46.9 Å². The van der Waals surface area contributed by atoms with Gasteiger partial charge in [-0.1, -0.05) is 58.7 Å². The highest BCUT2D eigenvalue weighted by Crippen LogP contribution is 2.30. The van der Waals surface area contributed by atoms with Gasteiger partial charge in [0.05, 0.1) is 7.11 Å². The fourth-order valence-corrected chi connectivity index (χ4v) is 2.93. The van der Waals surface area contributed by atoms with Crippen molar-refractivity contribution in [2.24, 2.45) is 0 Å². The van der Waals surface area contributed by atoms with Crippen LogP contribution in [0.2, 0.25) is 0 Å². The van der Waals surface area contributed by atoms with Gasteiger partial charge in [0.2, 0.25) is 0 Å². The fourth-order valence-electron chi connectivity index (χ4n) is 2.59. The van der Waals surface area contributed by atoms with Gasteiger partial charge in [0.25, 0.3) is 0 Å². The predicted octanol–water partition coefficient (Wildman–Crippen LogP) is 4.66. The molecule has 2 aromatic rings. The third-order valence-corrected chi connectivity index (χ3v) is 4.04. The highest BCUT2D eigenvalue weighted by atomic mass is 79.9. The standard InChI is InChI=1S/C18H22BrNO/c1-4-20-17(11-14-7-5-6-13(2)10-14)16-9-8-15(19)12-18(16)21-3/h5-10,12,17,20H,4,11H2,1-3H3. The average molecular weight is 348 g/mol. The summed E-state index contributed by atoms with van der Waals surface area (Å²) in [5.41, 5.74) is 3.83. The zero-order valence-electron chi connectivity index (χ0n) is 12.8. The van der Waals surface area contributed by atoms with Crippen molar-refractivity contribution in [2.45, 2.75) is 26.3 Å². The van der Waals surface area contributed by atoms with Crippen molar-refractivity contribution >= 4 is 15.9 Å². The van der Waals surface area contributed by atoms with Gasteiger partial charge in [-0.05, 0) is 37.6 Å². The Morgan fingerprint density at radius 3 is 2.67 bits per heavy atom. The summed E-state index contributed by atoms with van der Waals surface area (Å²) in [6, 6.07) is 15.1. The van der Waals surface area contributed by atoms with Crippen LogP contribution in [-0.2, 0) is 6.42 Å². The van der Waals surface area contributed by atoms with E-state index >= 15 is 0 Å². The maximum Gasteiger partial charge on any atom is 0.124 e. The first-order chi connectivity index (χ1) is 10.1. The second-order valence-corrected chi connectivity index (χ2v) is 6.11. The van der Waals surface area contributed by atoms with Crippen LogP contribution in [-0.4, -0.2) is 13.7 Å². The van der Waals surface area contributed by atoms with Crippen LogP contribution < -0.4 is 10.1 Å². The molecule has 112 valence electrons. The van der Waals surface area contributed by atoms with Crippen LogP contribution in [0.1, 0.15) is 29.7 Å². The normalized spacial score (nSPS) is 12.2. The van der Waals surface area contributed by atoms with Gasteiger partial charge in [0.1, 0.15) is 5.75 Å². The van der Waals surface area contributed by atoms with E-state index in [1.807, 2.05) is 6.07 Å². The Bertz CT molecular complexity index is 598. The van der Waals surface area contributed by atoms with Gasteiger partial charge in [-0.3, -0.25) is 0 Å². The molecule has 0 saturated carbocycles. The zero-order valence-corrected chi connectivity index (χ0v) is 14.4.